The minimum absolute atomic E-state index is 0.285. The fourth-order valence-corrected chi connectivity index (χ4v) is 3.80. The Labute approximate surface area is 138 Å². The molecule has 3 heterocycles. The van der Waals surface area contributed by atoms with Crippen molar-refractivity contribution in [3.8, 4) is 5.82 Å². The van der Waals surface area contributed by atoms with Gasteiger partial charge in [-0.15, -0.1) is 21.5 Å². The van der Waals surface area contributed by atoms with Gasteiger partial charge in [0.05, 0.1) is 22.8 Å². The van der Waals surface area contributed by atoms with Crippen molar-refractivity contribution in [3.63, 3.8) is 0 Å². The molecule has 23 heavy (non-hydrogen) atoms. The van der Waals surface area contributed by atoms with Gasteiger partial charge in [0.15, 0.2) is 5.82 Å². The molecule has 3 aromatic rings. The van der Waals surface area contributed by atoms with Crippen LogP contribution in [0.2, 0.25) is 0 Å². The lowest BCUT2D eigenvalue weighted by atomic mass is 10.2. The number of aromatic nitrogens is 5. The first-order valence-electron chi connectivity index (χ1n) is 6.69. The Morgan fingerprint density at radius 2 is 2.22 bits per heavy atom. The van der Waals surface area contributed by atoms with Crippen molar-refractivity contribution in [2.24, 2.45) is 0 Å². The third-order valence-electron chi connectivity index (χ3n) is 3.17. The van der Waals surface area contributed by atoms with E-state index < -0.39 is 10.8 Å². The molecule has 0 bridgehead atoms. The molecule has 3 rings (SSSR count). The molecule has 0 amide bonds. The lowest BCUT2D eigenvalue weighted by Crippen LogP contribution is -2.06. The van der Waals surface area contributed by atoms with Gasteiger partial charge < -0.3 is 4.74 Å². The minimum Gasteiger partial charge on any atom is -0.462 e. The molecule has 1 unspecified atom stereocenters. The van der Waals surface area contributed by atoms with Crippen LogP contribution in [0.1, 0.15) is 22.2 Å². The van der Waals surface area contributed by atoms with Gasteiger partial charge in [-0.3, -0.25) is 8.78 Å². The van der Waals surface area contributed by atoms with Crippen LogP contribution in [0.3, 0.4) is 0 Å². The van der Waals surface area contributed by atoms with Crippen molar-refractivity contribution < 1.29 is 13.7 Å². The molecule has 0 radical (unpaired) electrons. The quantitative estimate of drug-likeness (QED) is 0.657. The highest BCUT2D eigenvalue weighted by atomic mass is 32.2. The van der Waals surface area contributed by atoms with Gasteiger partial charge in [0, 0.05) is 6.26 Å². The predicted octanol–water partition coefficient (Wildman–Crippen LogP) is 1.49. The number of carbonyl (C=O) groups excluding carboxylic acids is 1. The standard InChI is InChI=1S/C13H13N5O3S2/c1-4-21-12(19)9-7(2)8-10(14-5-15-11(8)22-9)18-6-16-17-13(18)23(3)20/h5-6H,4H2,1-3H3. The third-order valence-corrected chi connectivity index (χ3v) is 5.14. The molecule has 0 aromatic carbocycles. The van der Waals surface area contributed by atoms with Gasteiger partial charge in [-0.25, -0.2) is 14.8 Å². The second kappa shape index (κ2) is 6.13. The lowest BCUT2D eigenvalue weighted by Gasteiger charge is -2.05. The number of nitrogens with zero attached hydrogens (tertiary/aromatic N) is 5. The first-order chi connectivity index (χ1) is 11.0. The van der Waals surface area contributed by atoms with Gasteiger partial charge in [-0.1, -0.05) is 0 Å². The monoisotopic (exact) mass is 351 g/mol. The highest BCUT2D eigenvalue weighted by molar-refractivity contribution is 7.84. The first kappa shape index (κ1) is 15.7. The number of hydrogen-bond donors (Lipinski definition) is 0. The molecule has 0 aliphatic rings. The molecule has 0 aliphatic carbocycles. The Balaban J connectivity index is 2.25. The number of hydrogen-bond acceptors (Lipinski definition) is 8. The van der Waals surface area contributed by atoms with E-state index in [1.807, 2.05) is 6.92 Å². The number of ether oxygens (including phenoxy) is 1. The third kappa shape index (κ3) is 2.63. The summed E-state index contributed by atoms with van der Waals surface area (Å²) >= 11 is 1.24. The maximum Gasteiger partial charge on any atom is 0.348 e. The Bertz CT molecular complexity index is 918. The Morgan fingerprint density at radius 1 is 1.43 bits per heavy atom. The van der Waals surface area contributed by atoms with Crippen LogP contribution < -0.4 is 0 Å². The Morgan fingerprint density at radius 3 is 2.91 bits per heavy atom. The molecule has 120 valence electrons. The van der Waals surface area contributed by atoms with Crippen molar-refractivity contribution >= 4 is 38.3 Å². The van der Waals surface area contributed by atoms with Crippen molar-refractivity contribution in [3.05, 3.63) is 23.1 Å². The Hall–Kier alpha value is -2.20. The number of fused-ring (bicyclic) bond motifs is 1. The zero-order chi connectivity index (χ0) is 16.6. The van der Waals surface area contributed by atoms with Crippen LogP contribution >= 0.6 is 11.3 Å². The average molecular weight is 351 g/mol. The van der Waals surface area contributed by atoms with Crippen LogP contribution in [-0.4, -0.2) is 47.8 Å². The topological polar surface area (TPSA) is 99.9 Å². The first-order valence-corrected chi connectivity index (χ1v) is 9.07. The normalized spacial score (nSPS) is 12.5. The highest BCUT2D eigenvalue weighted by Crippen LogP contribution is 2.33. The van der Waals surface area contributed by atoms with E-state index >= 15 is 0 Å². The summed E-state index contributed by atoms with van der Waals surface area (Å²) in [5, 5.41) is 8.65. The summed E-state index contributed by atoms with van der Waals surface area (Å²) in [5.74, 6) is 0.108. The molecule has 0 spiro atoms. The van der Waals surface area contributed by atoms with E-state index in [9.17, 15) is 9.00 Å². The van der Waals surface area contributed by atoms with Gasteiger partial charge in [-0.2, -0.15) is 0 Å². The maximum atomic E-state index is 12.1. The van der Waals surface area contributed by atoms with Crippen LogP contribution in [-0.2, 0) is 15.5 Å². The summed E-state index contributed by atoms with van der Waals surface area (Å²) in [4.78, 5) is 21.7. The summed E-state index contributed by atoms with van der Waals surface area (Å²) in [5.41, 5.74) is 0.723. The van der Waals surface area contributed by atoms with E-state index in [-0.39, 0.29) is 11.1 Å². The van der Waals surface area contributed by atoms with Gasteiger partial charge in [0.1, 0.15) is 22.4 Å². The molecule has 3 aromatic heterocycles. The molecule has 0 fully saturated rings. The average Bonchev–Trinajstić information content (AvgIpc) is 3.12. The van der Waals surface area contributed by atoms with E-state index in [1.54, 1.807) is 11.5 Å². The summed E-state index contributed by atoms with van der Waals surface area (Å²) < 4.78 is 18.4. The Kier molecular flexibility index (Phi) is 4.18. The fraction of sp³-hybridized carbons (Fsp3) is 0.308. The molecule has 1 atom stereocenters. The zero-order valence-electron chi connectivity index (χ0n) is 12.6. The molecule has 0 aliphatic heterocycles. The molecule has 8 nitrogen and oxygen atoms in total. The second-order valence-electron chi connectivity index (χ2n) is 4.59. The summed E-state index contributed by atoms with van der Waals surface area (Å²) in [7, 11) is -1.32. The number of aryl methyl sites for hydroxylation is 1. The maximum absolute atomic E-state index is 12.1. The SMILES string of the molecule is CCOC(=O)c1sc2ncnc(-n3cnnc3S(C)=O)c2c1C. The van der Waals surface area contributed by atoms with Crippen LogP contribution in [0.5, 0.6) is 0 Å². The van der Waals surface area contributed by atoms with Crippen LogP contribution in [0.25, 0.3) is 16.0 Å². The fourth-order valence-electron chi connectivity index (χ4n) is 2.19. The second-order valence-corrected chi connectivity index (χ2v) is 6.86. The van der Waals surface area contributed by atoms with Crippen molar-refractivity contribution in [1.29, 1.82) is 0 Å². The largest absolute Gasteiger partial charge is 0.462 e. The van der Waals surface area contributed by atoms with Crippen LogP contribution in [0.4, 0.5) is 0 Å². The van der Waals surface area contributed by atoms with Crippen LogP contribution in [0, 0.1) is 6.92 Å². The van der Waals surface area contributed by atoms with Gasteiger partial charge >= 0.3 is 5.97 Å². The molecular weight excluding hydrogens is 338 g/mol. The number of esters is 1. The zero-order valence-corrected chi connectivity index (χ0v) is 14.3. The predicted molar refractivity (Wildman–Crippen MR) is 85.4 cm³/mol. The lowest BCUT2D eigenvalue weighted by molar-refractivity contribution is 0.0531. The number of thiophene rings is 1. The van der Waals surface area contributed by atoms with Crippen molar-refractivity contribution in [2.75, 3.05) is 12.9 Å². The van der Waals surface area contributed by atoms with Crippen molar-refractivity contribution in [1.82, 2.24) is 24.7 Å². The van der Waals surface area contributed by atoms with Crippen LogP contribution in [0.15, 0.2) is 17.8 Å². The summed E-state index contributed by atoms with van der Waals surface area (Å²) in [6.45, 7) is 3.87. The molecule has 0 saturated heterocycles. The summed E-state index contributed by atoms with van der Waals surface area (Å²) in [6, 6.07) is 0. The van der Waals surface area contributed by atoms with E-state index in [4.69, 9.17) is 4.74 Å². The molecule has 0 N–H and O–H groups in total. The minimum atomic E-state index is -1.32. The van der Waals surface area contributed by atoms with E-state index in [2.05, 4.69) is 20.2 Å². The van der Waals surface area contributed by atoms with E-state index in [1.165, 1.54) is 30.2 Å². The van der Waals surface area contributed by atoms with E-state index in [0.717, 1.165) is 5.56 Å². The number of rotatable bonds is 4. The van der Waals surface area contributed by atoms with Gasteiger partial charge in [0.25, 0.3) is 0 Å². The number of carbonyl (C=O) groups is 1. The van der Waals surface area contributed by atoms with Gasteiger partial charge in [0.2, 0.25) is 5.16 Å². The smallest absolute Gasteiger partial charge is 0.348 e. The van der Waals surface area contributed by atoms with Gasteiger partial charge in [-0.05, 0) is 19.4 Å². The van der Waals surface area contributed by atoms with E-state index in [0.29, 0.717) is 27.5 Å². The summed E-state index contributed by atoms with van der Waals surface area (Å²) in [6.07, 6.45) is 4.36. The highest BCUT2D eigenvalue weighted by Gasteiger charge is 2.22. The van der Waals surface area contributed by atoms with Crippen molar-refractivity contribution in [2.45, 2.75) is 19.0 Å². The molecular formula is C13H13N5O3S2. The molecule has 10 heteroatoms. The molecule has 0 saturated carbocycles.